The van der Waals surface area contributed by atoms with E-state index in [9.17, 15) is 9.90 Å². The summed E-state index contributed by atoms with van der Waals surface area (Å²) in [6.45, 7) is 13.1. The summed E-state index contributed by atoms with van der Waals surface area (Å²) >= 11 is 0. The van der Waals surface area contributed by atoms with Gasteiger partial charge in [0, 0.05) is 0 Å². The maximum absolute atomic E-state index is 11.7. The summed E-state index contributed by atoms with van der Waals surface area (Å²) in [5, 5.41) is 12.7. The summed E-state index contributed by atoms with van der Waals surface area (Å²) in [7, 11) is 0. The van der Waals surface area contributed by atoms with Crippen molar-refractivity contribution in [3.63, 3.8) is 0 Å². The monoisotopic (exact) mass is 257 g/mol. The number of nitrogens with one attached hydrogen (secondary N) is 1. The first kappa shape index (κ1) is 17.0. The van der Waals surface area contributed by atoms with Crippen LogP contribution >= 0.6 is 0 Å². The Morgan fingerprint density at radius 3 is 2.39 bits per heavy atom. The van der Waals surface area contributed by atoms with Crippen LogP contribution in [0.15, 0.2) is 12.7 Å². The molecular formula is C14H27NO3. The van der Waals surface area contributed by atoms with Gasteiger partial charge in [0.1, 0.15) is 5.60 Å². The maximum atomic E-state index is 11.7. The number of aliphatic hydroxyl groups excluding tert-OH is 1. The molecule has 2 atom stereocenters. The van der Waals surface area contributed by atoms with Gasteiger partial charge in [-0.2, -0.15) is 0 Å². The van der Waals surface area contributed by atoms with Crippen LogP contribution in [0.1, 0.15) is 47.5 Å². The van der Waals surface area contributed by atoms with Crippen molar-refractivity contribution in [3.05, 3.63) is 12.7 Å². The van der Waals surface area contributed by atoms with Crippen LogP contribution in [-0.2, 0) is 4.74 Å². The van der Waals surface area contributed by atoms with E-state index in [1.807, 2.05) is 34.6 Å². The van der Waals surface area contributed by atoms with Gasteiger partial charge in [0.05, 0.1) is 12.1 Å². The first-order chi connectivity index (χ1) is 8.15. The molecule has 0 heterocycles. The van der Waals surface area contributed by atoms with Crippen molar-refractivity contribution >= 4 is 6.09 Å². The zero-order valence-corrected chi connectivity index (χ0v) is 12.2. The summed E-state index contributed by atoms with van der Waals surface area (Å²) in [4.78, 5) is 11.7. The minimum Gasteiger partial charge on any atom is -0.444 e. The number of rotatable bonds is 6. The lowest BCUT2D eigenvalue weighted by atomic mass is 9.97. The number of alkyl carbamates (subject to hydrolysis) is 1. The van der Waals surface area contributed by atoms with E-state index in [0.717, 1.165) is 0 Å². The van der Waals surface area contributed by atoms with Crippen LogP contribution in [0.25, 0.3) is 0 Å². The Kier molecular flexibility index (Phi) is 6.99. The Labute approximate surface area is 110 Å². The van der Waals surface area contributed by atoms with Crippen LogP contribution in [-0.4, -0.2) is 28.9 Å². The molecule has 4 heteroatoms. The van der Waals surface area contributed by atoms with Gasteiger partial charge in [-0.15, -0.1) is 6.58 Å². The van der Waals surface area contributed by atoms with Gasteiger partial charge in [-0.25, -0.2) is 4.79 Å². The van der Waals surface area contributed by atoms with Gasteiger partial charge in [-0.1, -0.05) is 19.9 Å². The van der Waals surface area contributed by atoms with Crippen molar-refractivity contribution in [2.24, 2.45) is 5.92 Å². The Morgan fingerprint density at radius 2 is 2.00 bits per heavy atom. The molecule has 0 aromatic carbocycles. The van der Waals surface area contributed by atoms with Crippen LogP contribution in [0.4, 0.5) is 4.79 Å². The molecule has 0 spiro atoms. The van der Waals surface area contributed by atoms with Crippen molar-refractivity contribution in [2.45, 2.75) is 65.2 Å². The third-order valence-corrected chi connectivity index (χ3v) is 2.30. The number of carbonyl (C=O) groups is 1. The number of hydrogen-bond donors (Lipinski definition) is 2. The summed E-state index contributed by atoms with van der Waals surface area (Å²) in [5.74, 6) is 0.379. The second kappa shape index (κ2) is 7.41. The number of amides is 1. The maximum Gasteiger partial charge on any atom is 0.407 e. The highest BCUT2D eigenvalue weighted by Crippen LogP contribution is 2.13. The SMILES string of the molecule is C=CCC(O)C(CC(C)C)NC(=O)OC(C)(C)C. The average molecular weight is 257 g/mol. The molecule has 0 aliphatic rings. The van der Waals surface area contributed by atoms with E-state index in [-0.39, 0.29) is 6.04 Å². The normalized spacial score (nSPS) is 15.1. The molecule has 0 saturated heterocycles. The van der Waals surface area contributed by atoms with Gasteiger partial charge in [-0.3, -0.25) is 0 Å². The molecule has 0 bridgehead atoms. The van der Waals surface area contributed by atoms with E-state index in [1.165, 1.54) is 0 Å². The number of carbonyl (C=O) groups excluding carboxylic acids is 1. The smallest absolute Gasteiger partial charge is 0.407 e. The van der Waals surface area contributed by atoms with Crippen molar-refractivity contribution in [1.29, 1.82) is 0 Å². The van der Waals surface area contributed by atoms with E-state index in [2.05, 4.69) is 11.9 Å². The molecule has 0 saturated carbocycles. The number of aliphatic hydroxyl groups is 1. The van der Waals surface area contributed by atoms with Crippen LogP contribution in [0.2, 0.25) is 0 Å². The molecular weight excluding hydrogens is 230 g/mol. The lowest BCUT2D eigenvalue weighted by molar-refractivity contribution is 0.0407. The Morgan fingerprint density at radius 1 is 1.44 bits per heavy atom. The first-order valence-electron chi connectivity index (χ1n) is 6.44. The molecule has 4 nitrogen and oxygen atoms in total. The minimum absolute atomic E-state index is 0.308. The van der Waals surface area contributed by atoms with Gasteiger partial charge in [0.25, 0.3) is 0 Å². The van der Waals surface area contributed by atoms with Crippen molar-refractivity contribution in [1.82, 2.24) is 5.32 Å². The first-order valence-corrected chi connectivity index (χ1v) is 6.44. The standard InChI is InChI=1S/C14H27NO3/c1-7-8-12(16)11(9-10(2)3)15-13(17)18-14(4,5)6/h7,10-12,16H,1,8-9H2,2-6H3,(H,15,17). The molecule has 0 aliphatic carbocycles. The van der Waals surface area contributed by atoms with Gasteiger partial charge < -0.3 is 15.2 Å². The Hall–Kier alpha value is -1.03. The van der Waals surface area contributed by atoms with E-state index in [4.69, 9.17) is 4.74 Å². The van der Waals surface area contributed by atoms with Crippen LogP contribution in [0, 0.1) is 5.92 Å². The molecule has 0 radical (unpaired) electrons. The van der Waals surface area contributed by atoms with Crippen LogP contribution < -0.4 is 5.32 Å². The number of hydrogen-bond acceptors (Lipinski definition) is 3. The third kappa shape index (κ3) is 8.12. The molecule has 2 unspecified atom stereocenters. The molecule has 2 N–H and O–H groups in total. The fourth-order valence-corrected chi connectivity index (χ4v) is 1.61. The van der Waals surface area contributed by atoms with Gasteiger partial charge in [0.2, 0.25) is 0 Å². The molecule has 106 valence electrons. The summed E-state index contributed by atoms with van der Waals surface area (Å²) in [6.07, 6.45) is 1.68. The Bertz CT molecular complexity index is 269. The molecule has 0 fully saturated rings. The molecule has 0 rings (SSSR count). The molecule has 0 aliphatic heterocycles. The lowest BCUT2D eigenvalue weighted by Crippen LogP contribution is -2.46. The van der Waals surface area contributed by atoms with Crippen molar-refractivity contribution in [2.75, 3.05) is 0 Å². The van der Waals surface area contributed by atoms with Crippen molar-refractivity contribution < 1.29 is 14.6 Å². The predicted molar refractivity (Wildman–Crippen MR) is 73.4 cm³/mol. The fraction of sp³-hybridized carbons (Fsp3) is 0.786. The predicted octanol–water partition coefficient (Wildman–Crippen LogP) is 2.86. The minimum atomic E-state index is -0.627. The highest BCUT2D eigenvalue weighted by Gasteiger charge is 2.24. The molecule has 18 heavy (non-hydrogen) atoms. The summed E-state index contributed by atoms with van der Waals surface area (Å²) in [6, 6.07) is -0.308. The second-order valence-corrected chi connectivity index (χ2v) is 5.97. The van der Waals surface area contributed by atoms with E-state index < -0.39 is 17.8 Å². The van der Waals surface area contributed by atoms with Gasteiger partial charge in [-0.05, 0) is 39.5 Å². The quantitative estimate of drug-likeness (QED) is 0.719. The lowest BCUT2D eigenvalue weighted by Gasteiger charge is -2.27. The van der Waals surface area contributed by atoms with Crippen molar-refractivity contribution in [3.8, 4) is 0 Å². The highest BCUT2D eigenvalue weighted by atomic mass is 16.6. The topological polar surface area (TPSA) is 58.6 Å². The molecule has 0 aromatic heterocycles. The highest BCUT2D eigenvalue weighted by molar-refractivity contribution is 5.68. The second-order valence-electron chi connectivity index (χ2n) is 5.97. The van der Waals surface area contributed by atoms with Gasteiger partial charge in [0.15, 0.2) is 0 Å². The third-order valence-electron chi connectivity index (χ3n) is 2.30. The van der Waals surface area contributed by atoms with E-state index in [1.54, 1.807) is 6.08 Å². The van der Waals surface area contributed by atoms with Crippen LogP contribution in [0.3, 0.4) is 0 Å². The fourth-order valence-electron chi connectivity index (χ4n) is 1.61. The zero-order chi connectivity index (χ0) is 14.3. The Balaban J connectivity index is 4.48. The molecule has 1 amide bonds. The summed E-state index contributed by atoms with van der Waals surface area (Å²) < 4.78 is 5.19. The zero-order valence-electron chi connectivity index (χ0n) is 12.2. The largest absolute Gasteiger partial charge is 0.444 e. The van der Waals surface area contributed by atoms with E-state index in [0.29, 0.717) is 18.8 Å². The van der Waals surface area contributed by atoms with Gasteiger partial charge >= 0.3 is 6.09 Å². The summed E-state index contributed by atoms with van der Waals surface area (Å²) in [5.41, 5.74) is -0.532. The van der Waals surface area contributed by atoms with Crippen LogP contribution in [0.5, 0.6) is 0 Å². The number of ether oxygens (including phenoxy) is 1. The average Bonchev–Trinajstić information content (AvgIpc) is 2.13. The van der Waals surface area contributed by atoms with E-state index >= 15 is 0 Å². The molecule has 0 aromatic rings.